The number of aromatic amines is 1. The largest absolute Gasteiger partial charge is 0.481 e. The summed E-state index contributed by atoms with van der Waals surface area (Å²) in [5.41, 5.74) is 0. The molecule has 1 rings (SSSR count). The number of carboxylic acid groups (broad SMARTS) is 3. The Kier molecular flexibility index (Phi) is 44.3. The Balaban J connectivity index is 2.09. The third kappa shape index (κ3) is 44.6. The first-order valence-corrected chi connectivity index (χ1v) is 31.6. The number of aromatic nitrogens is 4. The molecule has 0 saturated carbocycles. The van der Waals surface area contributed by atoms with Gasteiger partial charge in [0.1, 0.15) is 31.1 Å². The Morgan fingerprint density at radius 2 is 1.06 bits per heavy atom. The number of sulfonamides is 1. The molecule has 0 aliphatic rings. The number of Topliss-reactive ketones (excluding diaryl/α,β-unsaturated/α-hetero) is 2. The van der Waals surface area contributed by atoms with E-state index in [-0.39, 0.29) is 120 Å². The number of ketones is 2. The summed E-state index contributed by atoms with van der Waals surface area (Å²) in [6.45, 7) is -0.0204. The second kappa shape index (κ2) is 48.8. The summed E-state index contributed by atoms with van der Waals surface area (Å²) in [6, 6.07) is -2.54. The van der Waals surface area contributed by atoms with Gasteiger partial charge in [0.15, 0.2) is 11.6 Å². The first kappa shape index (κ1) is 75.5. The number of carbonyl (C=O) groups is 10. The maximum Gasteiger partial charge on any atom is 0.326 e. The highest BCUT2D eigenvalue weighted by atomic mass is 79.9. The number of nitrogens with one attached hydrogen (secondary N) is 6. The molecule has 474 valence electrons. The van der Waals surface area contributed by atoms with Crippen LogP contribution in [-0.2, 0) is 83.3 Å². The predicted octanol–water partition coefficient (Wildman–Crippen LogP) is 3.00. The number of tetrazole rings is 1. The lowest BCUT2D eigenvalue weighted by molar-refractivity contribution is -0.145. The monoisotopic (exact) mass is 1270 g/mol. The topological polar surface area (TPSA) is 417 Å². The van der Waals surface area contributed by atoms with Crippen LogP contribution in [0.15, 0.2) is 0 Å². The molecule has 0 aromatic carbocycles. The molecule has 1 aromatic rings. The number of amides is 5. The smallest absolute Gasteiger partial charge is 0.326 e. The number of hydrogen-bond acceptors (Lipinski definition) is 19. The van der Waals surface area contributed by atoms with Crippen LogP contribution in [0.2, 0.25) is 0 Å². The molecular formula is C53H90BrN9O19S. The summed E-state index contributed by atoms with van der Waals surface area (Å²) in [5, 5.41) is 52.7. The molecule has 0 fully saturated rings. The zero-order valence-electron chi connectivity index (χ0n) is 47.8. The third-order valence-corrected chi connectivity index (χ3v) is 14.6. The van der Waals surface area contributed by atoms with Gasteiger partial charge < -0.3 is 55.5 Å². The number of ether oxygens (including phenoxy) is 4. The van der Waals surface area contributed by atoms with E-state index in [1.807, 2.05) is 0 Å². The fraction of sp³-hybridized carbons (Fsp3) is 0.792. The van der Waals surface area contributed by atoms with Crippen LogP contribution in [0.1, 0.15) is 173 Å². The van der Waals surface area contributed by atoms with Crippen LogP contribution >= 0.6 is 15.9 Å². The van der Waals surface area contributed by atoms with E-state index in [9.17, 15) is 71.7 Å². The van der Waals surface area contributed by atoms with Crippen LogP contribution in [0, 0.1) is 5.92 Å². The van der Waals surface area contributed by atoms with Crippen LogP contribution in [0.4, 0.5) is 0 Å². The van der Waals surface area contributed by atoms with E-state index >= 15 is 0 Å². The molecule has 5 amide bonds. The van der Waals surface area contributed by atoms with Crippen molar-refractivity contribution in [3.8, 4) is 0 Å². The van der Waals surface area contributed by atoms with Gasteiger partial charge >= 0.3 is 17.9 Å². The van der Waals surface area contributed by atoms with Gasteiger partial charge in [-0.3, -0.25) is 43.1 Å². The van der Waals surface area contributed by atoms with Crippen molar-refractivity contribution in [1.29, 1.82) is 0 Å². The Labute approximate surface area is 494 Å². The third-order valence-electron chi connectivity index (χ3n) is 12.7. The zero-order chi connectivity index (χ0) is 61.4. The van der Waals surface area contributed by atoms with Gasteiger partial charge in [-0.15, -0.1) is 10.2 Å². The van der Waals surface area contributed by atoms with E-state index < -0.39 is 101 Å². The molecule has 0 bridgehead atoms. The lowest BCUT2D eigenvalue weighted by Crippen LogP contribution is -2.42. The normalized spacial score (nSPS) is 12.4. The van der Waals surface area contributed by atoms with Crippen LogP contribution in [0.3, 0.4) is 0 Å². The molecule has 3 unspecified atom stereocenters. The number of nitrogens with zero attached hydrogens (tertiary/aromatic N) is 3. The lowest BCUT2D eigenvalue weighted by Gasteiger charge is -2.16. The zero-order valence-corrected chi connectivity index (χ0v) is 50.2. The summed E-state index contributed by atoms with van der Waals surface area (Å²) >= 11 is 3.03. The quantitative estimate of drug-likeness (QED) is 0.0334. The molecule has 0 aliphatic carbocycles. The minimum Gasteiger partial charge on any atom is -0.481 e. The van der Waals surface area contributed by atoms with Gasteiger partial charge in [-0.25, -0.2) is 18.0 Å². The molecule has 0 spiro atoms. The SMILES string of the molecule is O=C(CCCOCCOCC(=O)NC(CCCCNC(=O)CBr)C(=O)O)CCC(NC(=O)CCC(CC(=O)COCCOCCNC(=O)CCCS(=O)(=O)NC(=O)CCCCCCCCCCCCCCCc1nn[nH]n1)C(=O)O)C(=O)O. The number of carbonyl (C=O) groups excluding carboxylic acids is 7. The van der Waals surface area contributed by atoms with Crippen molar-refractivity contribution in [3.63, 3.8) is 0 Å². The molecule has 1 aromatic heterocycles. The van der Waals surface area contributed by atoms with Gasteiger partial charge in [-0.1, -0.05) is 91.8 Å². The van der Waals surface area contributed by atoms with Crippen molar-refractivity contribution in [2.75, 3.05) is 77.0 Å². The number of halogens is 1. The fourth-order valence-electron chi connectivity index (χ4n) is 8.16. The number of H-pyrrole nitrogens is 1. The van der Waals surface area contributed by atoms with Crippen LogP contribution in [0.5, 0.6) is 0 Å². The highest BCUT2D eigenvalue weighted by molar-refractivity contribution is 9.09. The second-order valence-electron chi connectivity index (χ2n) is 19.9. The summed E-state index contributed by atoms with van der Waals surface area (Å²) in [5.74, 6) is -8.23. The summed E-state index contributed by atoms with van der Waals surface area (Å²) in [7, 11) is -3.88. The van der Waals surface area contributed by atoms with Crippen molar-refractivity contribution >= 4 is 85.0 Å². The molecule has 3 atom stereocenters. The van der Waals surface area contributed by atoms with Gasteiger partial charge in [0.2, 0.25) is 39.6 Å². The van der Waals surface area contributed by atoms with E-state index in [0.29, 0.717) is 32.2 Å². The van der Waals surface area contributed by atoms with E-state index in [2.05, 4.69) is 62.5 Å². The molecule has 83 heavy (non-hydrogen) atoms. The second-order valence-corrected chi connectivity index (χ2v) is 22.3. The highest BCUT2D eigenvalue weighted by Gasteiger charge is 2.26. The van der Waals surface area contributed by atoms with Crippen molar-refractivity contribution in [2.24, 2.45) is 5.92 Å². The maximum atomic E-state index is 12.6. The van der Waals surface area contributed by atoms with E-state index in [4.69, 9.17) is 18.9 Å². The first-order valence-electron chi connectivity index (χ1n) is 28.8. The van der Waals surface area contributed by atoms with Crippen molar-refractivity contribution in [3.05, 3.63) is 5.82 Å². The summed E-state index contributed by atoms with van der Waals surface area (Å²) in [6.07, 6.45) is 15.1. The number of hydrogen-bond donors (Lipinski definition) is 9. The first-order chi connectivity index (χ1) is 39.8. The van der Waals surface area contributed by atoms with Crippen LogP contribution in [-0.4, -0.2) is 192 Å². The average Bonchev–Trinajstić information content (AvgIpc) is 3.97. The Morgan fingerprint density at radius 1 is 0.494 bits per heavy atom. The summed E-state index contributed by atoms with van der Waals surface area (Å²) < 4.78 is 48.0. The minimum absolute atomic E-state index is 0.00682. The standard InChI is InChI=1S/C53H90BrN9O19S/c54-37-49(69)55-27-15-14-19-43(52(73)74)58-50(70)39-82-34-31-79-29-16-18-41(64)24-25-44(53(75)76)57-47(67)26-23-40(51(71)72)36-42(65)38-81-33-32-80-30-28-56-46(66)22-17-35-83(77,78)61-48(68)21-13-11-9-7-5-3-1-2-4-6-8-10-12-20-45-59-62-63-60-45/h40,43-44H,1-39H2,(H,55,69)(H,56,66)(H,57,67)(H,58,70)(H,61,68)(H,71,72)(H,73,74)(H,75,76)(H,59,60,62,63). The summed E-state index contributed by atoms with van der Waals surface area (Å²) in [4.78, 5) is 120. The van der Waals surface area contributed by atoms with Crippen molar-refractivity contribution in [2.45, 2.75) is 185 Å². The molecule has 0 saturated heterocycles. The fourth-order valence-corrected chi connectivity index (χ4v) is 9.43. The van der Waals surface area contributed by atoms with Gasteiger partial charge in [-0.05, 0) is 57.8 Å². The maximum absolute atomic E-state index is 12.6. The molecule has 30 heteroatoms. The number of aliphatic carboxylic acids is 3. The van der Waals surface area contributed by atoms with Crippen LogP contribution in [0.25, 0.3) is 0 Å². The minimum atomic E-state index is -3.88. The van der Waals surface area contributed by atoms with Gasteiger partial charge in [0.25, 0.3) is 0 Å². The van der Waals surface area contributed by atoms with E-state index in [1.165, 1.54) is 44.9 Å². The molecule has 28 nitrogen and oxygen atoms in total. The molecule has 0 radical (unpaired) electrons. The molecular weight excluding hydrogens is 1180 g/mol. The van der Waals surface area contributed by atoms with E-state index in [0.717, 1.165) is 44.3 Å². The Morgan fingerprint density at radius 3 is 1.67 bits per heavy atom. The molecule has 1 heterocycles. The van der Waals surface area contributed by atoms with Crippen LogP contribution < -0.4 is 26.0 Å². The Hall–Kier alpha value is -5.56. The van der Waals surface area contributed by atoms with Crippen molar-refractivity contribution in [1.82, 2.24) is 46.6 Å². The highest BCUT2D eigenvalue weighted by Crippen LogP contribution is 2.16. The lowest BCUT2D eigenvalue weighted by atomic mass is 9.97. The number of carboxylic acids is 3. The average molecular weight is 1270 g/mol. The molecule has 9 N–H and O–H groups in total. The van der Waals surface area contributed by atoms with Gasteiger partial charge in [-0.2, -0.15) is 5.21 Å². The number of rotatable bonds is 57. The number of unbranched alkanes of at least 4 members (excludes halogenated alkanes) is 13. The van der Waals surface area contributed by atoms with Gasteiger partial charge in [0, 0.05) is 64.6 Å². The number of alkyl halides is 1. The van der Waals surface area contributed by atoms with Gasteiger partial charge in [0.05, 0.1) is 50.0 Å². The van der Waals surface area contributed by atoms with Crippen molar-refractivity contribution < 1.29 is 90.6 Å². The number of aryl methyl sites for hydroxylation is 1. The predicted molar refractivity (Wildman–Crippen MR) is 303 cm³/mol. The van der Waals surface area contributed by atoms with E-state index in [1.54, 1.807) is 0 Å². The Bertz CT molecular complexity index is 2160. The molecule has 0 aliphatic heterocycles.